The van der Waals surface area contributed by atoms with E-state index in [2.05, 4.69) is 4.98 Å². The number of nitrogens with zero attached hydrogens (tertiary/aromatic N) is 2. The first-order valence-corrected chi connectivity index (χ1v) is 17.3. The fourth-order valence-electron chi connectivity index (χ4n) is 7.39. The van der Waals surface area contributed by atoms with Crippen molar-refractivity contribution in [2.45, 2.75) is 93.9 Å². The van der Waals surface area contributed by atoms with Crippen molar-refractivity contribution < 1.29 is 69.1 Å². The van der Waals surface area contributed by atoms with Crippen LogP contribution < -0.4 is 21.9 Å². The predicted octanol–water partition coefficient (Wildman–Crippen LogP) is -1.11. The number of hydrogen-bond acceptors (Lipinski definition) is 18. The summed E-state index contributed by atoms with van der Waals surface area (Å²) in [5.74, 6) is -3.12. The van der Waals surface area contributed by atoms with Gasteiger partial charge in [0.2, 0.25) is 5.78 Å². The van der Waals surface area contributed by atoms with Crippen molar-refractivity contribution >= 4 is 35.6 Å². The second-order valence-corrected chi connectivity index (χ2v) is 13.9. The number of ketones is 3. The number of hydrogen-bond donors (Lipinski definition) is 9. The Balaban J connectivity index is 0.000000279. The van der Waals surface area contributed by atoms with E-state index in [0.717, 1.165) is 4.57 Å². The smallest absolute Gasteiger partial charge is 0.351 e. The Morgan fingerprint density at radius 3 is 2.29 bits per heavy atom. The van der Waals surface area contributed by atoms with Gasteiger partial charge in [-0.15, -0.1) is 12.4 Å². The lowest BCUT2D eigenvalue weighted by Gasteiger charge is -2.42. The molecule has 11 N–H and O–H groups in total. The average molecular weight is 807 g/mol. The van der Waals surface area contributed by atoms with Gasteiger partial charge in [-0.3, -0.25) is 19.0 Å². The number of aliphatic hydroxyl groups is 5. The molecule has 304 valence electrons. The van der Waals surface area contributed by atoms with Crippen molar-refractivity contribution in [3.8, 4) is 17.2 Å². The molecule has 2 fully saturated rings. The summed E-state index contributed by atoms with van der Waals surface area (Å²) in [4.78, 5) is 54.6. The molecule has 2 aliphatic heterocycles. The van der Waals surface area contributed by atoms with E-state index in [0.29, 0.717) is 0 Å². The number of ether oxygens (including phenoxy) is 4. The summed E-state index contributed by atoms with van der Waals surface area (Å²) in [6.07, 6.45) is -7.80. The molecule has 0 unspecified atom stereocenters. The number of nitrogen functional groups attached to an aromatic ring is 1. The van der Waals surface area contributed by atoms with E-state index in [4.69, 9.17) is 35.5 Å². The number of nitrogens with two attached hydrogens (primary N) is 2. The molecule has 1 aromatic heterocycles. The molecule has 2 aliphatic carbocycles. The van der Waals surface area contributed by atoms with Crippen molar-refractivity contribution in [1.82, 2.24) is 9.55 Å². The van der Waals surface area contributed by atoms with Crippen LogP contribution >= 0.6 is 12.4 Å². The monoisotopic (exact) mass is 806 g/mol. The third-order valence-corrected chi connectivity index (χ3v) is 10.4. The molecule has 0 radical (unpaired) electrons. The third-order valence-electron chi connectivity index (χ3n) is 10.4. The van der Waals surface area contributed by atoms with Gasteiger partial charge in [-0.1, -0.05) is 12.1 Å². The fraction of sp³-hybridized carbons (Fsp3) is 0.472. The number of rotatable bonds is 6. The van der Waals surface area contributed by atoms with Crippen molar-refractivity contribution in [1.29, 1.82) is 0 Å². The zero-order valence-corrected chi connectivity index (χ0v) is 31.1. The lowest BCUT2D eigenvalue weighted by atomic mass is 9.72. The van der Waals surface area contributed by atoms with Crippen LogP contribution in [-0.4, -0.2) is 125 Å². The molecule has 19 nitrogen and oxygen atoms in total. The van der Waals surface area contributed by atoms with E-state index in [1.165, 1.54) is 44.5 Å². The molecule has 4 aliphatic rings. The number of methoxy groups -OCH3 is 1. The Morgan fingerprint density at radius 2 is 1.70 bits per heavy atom. The summed E-state index contributed by atoms with van der Waals surface area (Å²) in [5, 5.41) is 72.3. The van der Waals surface area contributed by atoms with E-state index in [-0.39, 0.29) is 59.1 Å². The van der Waals surface area contributed by atoms with E-state index in [9.17, 15) is 49.8 Å². The van der Waals surface area contributed by atoms with Crippen LogP contribution in [0.15, 0.2) is 35.3 Å². The first kappa shape index (κ1) is 42.6. The van der Waals surface area contributed by atoms with Crippen molar-refractivity contribution in [3.05, 3.63) is 74.3 Å². The molecule has 0 saturated carbocycles. The Labute approximate surface area is 324 Å². The van der Waals surface area contributed by atoms with Gasteiger partial charge in [0, 0.05) is 48.2 Å². The average Bonchev–Trinajstić information content (AvgIpc) is 3.42. The van der Waals surface area contributed by atoms with Gasteiger partial charge in [0.15, 0.2) is 24.1 Å². The van der Waals surface area contributed by atoms with Crippen LogP contribution in [0.25, 0.3) is 0 Å². The molecule has 2 saturated heterocycles. The van der Waals surface area contributed by atoms with Gasteiger partial charge in [-0.25, -0.2) is 4.79 Å². The van der Waals surface area contributed by atoms with Crippen LogP contribution in [0.2, 0.25) is 0 Å². The molecule has 56 heavy (non-hydrogen) atoms. The SMILES string of the molecule is COc1cccc2c1C(=O)c1c(O)c3c(c(O)c1C2=O)C[C@@](O)(C(C)=O)C[C@@H]3O[C@H]1C[C@H](N)[C@H](O)[C@H](C)O1.Cl.Nc1ccn([C@@H]2O[C@H](CO)[C@@H](O)[C@@H]2O)c(=O)n1. The maximum absolute atomic E-state index is 13.6. The van der Waals surface area contributed by atoms with E-state index < -0.39 is 119 Å². The number of aromatic hydroxyl groups is 2. The highest BCUT2D eigenvalue weighted by molar-refractivity contribution is 6.31. The third kappa shape index (κ3) is 7.26. The molecule has 0 bridgehead atoms. The second-order valence-electron chi connectivity index (χ2n) is 13.9. The summed E-state index contributed by atoms with van der Waals surface area (Å²) >= 11 is 0. The van der Waals surface area contributed by atoms with E-state index in [1.54, 1.807) is 6.92 Å². The lowest BCUT2D eigenvalue weighted by molar-refractivity contribution is -0.247. The molecular weight excluding hydrogens is 764 g/mol. The minimum Gasteiger partial charge on any atom is -0.507 e. The highest BCUT2D eigenvalue weighted by atomic mass is 35.5. The molecule has 3 heterocycles. The topological polar surface area (TPSA) is 317 Å². The number of anilines is 1. The first-order valence-electron chi connectivity index (χ1n) is 17.3. The summed E-state index contributed by atoms with van der Waals surface area (Å²) < 4.78 is 23.3. The lowest BCUT2D eigenvalue weighted by Crippen LogP contribution is -2.52. The fourth-order valence-corrected chi connectivity index (χ4v) is 7.39. The van der Waals surface area contributed by atoms with Crippen LogP contribution in [-0.2, 0) is 25.4 Å². The number of carbonyl (C=O) groups is 3. The van der Waals surface area contributed by atoms with Gasteiger partial charge >= 0.3 is 5.69 Å². The van der Waals surface area contributed by atoms with Crippen LogP contribution in [0, 0.1) is 0 Å². The largest absolute Gasteiger partial charge is 0.507 e. The number of Topliss-reactive ketones (excluding diaryl/α,β-unsaturated/α-hetero) is 1. The van der Waals surface area contributed by atoms with Gasteiger partial charge in [0.1, 0.15) is 47.0 Å². The number of halogens is 1. The minimum atomic E-state index is -2.00. The van der Waals surface area contributed by atoms with Gasteiger partial charge in [0.25, 0.3) is 0 Å². The van der Waals surface area contributed by atoms with Crippen LogP contribution in [0.1, 0.15) is 82.0 Å². The number of aromatic nitrogens is 2. The molecule has 0 amide bonds. The van der Waals surface area contributed by atoms with Crippen LogP contribution in [0.3, 0.4) is 0 Å². The maximum Gasteiger partial charge on any atom is 0.351 e. The Hall–Kier alpha value is -4.54. The minimum absolute atomic E-state index is 0. The van der Waals surface area contributed by atoms with Crippen molar-refractivity contribution in [2.75, 3.05) is 19.5 Å². The maximum atomic E-state index is 13.6. The highest BCUT2D eigenvalue weighted by Crippen LogP contribution is 2.52. The van der Waals surface area contributed by atoms with Crippen LogP contribution in [0.4, 0.5) is 5.82 Å². The Kier molecular flexibility index (Phi) is 12.3. The predicted molar refractivity (Wildman–Crippen MR) is 194 cm³/mol. The summed E-state index contributed by atoms with van der Waals surface area (Å²) in [6.45, 7) is 2.33. The Morgan fingerprint density at radius 1 is 1.02 bits per heavy atom. The first-order chi connectivity index (χ1) is 25.9. The summed E-state index contributed by atoms with van der Waals surface area (Å²) in [5.41, 5.74) is 7.60. The zero-order valence-electron chi connectivity index (χ0n) is 30.3. The number of phenolic OH excluding ortho intramolecular Hbond substituents is 2. The molecular formula is C36H43ClN4O15. The number of fused-ring (bicyclic) bond motifs is 3. The van der Waals surface area contributed by atoms with E-state index >= 15 is 0 Å². The Bertz CT molecular complexity index is 2090. The molecule has 3 aromatic rings. The van der Waals surface area contributed by atoms with Crippen LogP contribution in [0.5, 0.6) is 17.2 Å². The standard InChI is InChI=1S/C27H29NO10.C9H13N3O5.ClH/c1-10-22(30)14(28)7-17(37-10)38-16-9-27(35,11(2)29)8-13-19(16)26(34)21-20(24(13)32)23(31)12-5-4-6-15(36-3)18(12)25(21)33;10-5-1-2-12(9(16)11-5)8-7(15)6(14)4(3-13)17-8;/h4-6,10,14,16-17,22,30,32,34-35H,7-9,28H2,1-3H3;1-2,4,6-8,13-15H,3H2,(H2,10,11,16);1H/t10-,14-,16-,17-,22+,27-;4-,6-,7+,8-;/m01./s1. The molecule has 2 aromatic carbocycles. The summed E-state index contributed by atoms with van der Waals surface area (Å²) in [7, 11) is 1.34. The van der Waals surface area contributed by atoms with Crippen molar-refractivity contribution in [3.63, 3.8) is 0 Å². The molecule has 10 atom stereocenters. The van der Waals surface area contributed by atoms with E-state index in [1.807, 2.05) is 0 Å². The quantitative estimate of drug-likeness (QED) is 0.104. The molecule has 7 rings (SSSR count). The van der Waals surface area contributed by atoms with Gasteiger partial charge in [-0.05, 0) is 26.0 Å². The van der Waals surface area contributed by atoms with Gasteiger partial charge < -0.3 is 66.2 Å². The highest BCUT2D eigenvalue weighted by Gasteiger charge is 2.49. The number of carbonyl (C=O) groups excluding carboxylic acids is 3. The second kappa shape index (κ2) is 16.1. The van der Waals surface area contributed by atoms with Crippen molar-refractivity contribution in [2.24, 2.45) is 5.73 Å². The zero-order chi connectivity index (χ0) is 40.3. The van der Waals surface area contributed by atoms with Gasteiger partial charge in [-0.2, -0.15) is 4.98 Å². The normalized spacial score (nSPS) is 30.6. The summed E-state index contributed by atoms with van der Waals surface area (Å²) in [6, 6.07) is 5.12. The molecule has 20 heteroatoms. The molecule has 0 spiro atoms. The number of phenols is 2. The number of aliphatic hydroxyl groups excluding tert-OH is 4. The van der Waals surface area contributed by atoms with Gasteiger partial charge in [0.05, 0.1) is 48.7 Å². The number of benzene rings is 2.